The largest absolute Gasteiger partial charge is 0.389 e. The maximum absolute atomic E-state index is 13.0. The van der Waals surface area contributed by atoms with Crippen LogP contribution < -0.4 is 0 Å². The van der Waals surface area contributed by atoms with Crippen LogP contribution in [0.15, 0.2) is 6.20 Å². The van der Waals surface area contributed by atoms with E-state index in [9.17, 15) is 9.90 Å². The molecule has 3 saturated heterocycles. The second-order valence-electron chi connectivity index (χ2n) is 7.36. The van der Waals surface area contributed by atoms with Crippen LogP contribution in [-0.4, -0.2) is 70.3 Å². The Morgan fingerprint density at radius 3 is 3.00 bits per heavy atom. The molecule has 1 N–H and O–H groups in total. The molecule has 0 saturated carbocycles. The quantitative estimate of drug-likeness (QED) is 0.836. The van der Waals surface area contributed by atoms with Crippen molar-refractivity contribution < 1.29 is 19.4 Å². The van der Waals surface area contributed by atoms with Crippen LogP contribution in [-0.2, 0) is 20.8 Å². The van der Waals surface area contributed by atoms with Crippen molar-refractivity contribution >= 4 is 17.5 Å². The number of rotatable bonds is 2. The van der Waals surface area contributed by atoms with Crippen LogP contribution in [0.25, 0.3) is 0 Å². The van der Waals surface area contributed by atoms with Gasteiger partial charge in [0.15, 0.2) is 0 Å². The first-order valence-corrected chi connectivity index (χ1v) is 9.23. The topological polar surface area (TPSA) is 76.8 Å². The molecular formula is C17H24ClN3O4. The van der Waals surface area contributed by atoms with E-state index < -0.39 is 5.60 Å². The van der Waals surface area contributed by atoms with Crippen LogP contribution in [0, 0.1) is 18.8 Å². The predicted molar refractivity (Wildman–Crippen MR) is 90.3 cm³/mol. The van der Waals surface area contributed by atoms with Gasteiger partial charge < -0.3 is 19.5 Å². The van der Waals surface area contributed by atoms with Gasteiger partial charge in [-0.05, 0) is 13.3 Å². The molecule has 8 heteroatoms. The van der Waals surface area contributed by atoms with Gasteiger partial charge in [-0.2, -0.15) is 5.10 Å². The lowest BCUT2D eigenvalue weighted by Gasteiger charge is -2.57. The number of ether oxygens (including phenoxy) is 2. The summed E-state index contributed by atoms with van der Waals surface area (Å²) >= 11 is 6.04. The summed E-state index contributed by atoms with van der Waals surface area (Å²) in [5.74, 6) is -0.129. The van der Waals surface area contributed by atoms with Gasteiger partial charge >= 0.3 is 0 Å². The van der Waals surface area contributed by atoms with E-state index in [1.165, 1.54) is 0 Å². The second-order valence-corrected chi connectivity index (χ2v) is 7.76. The molecule has 4 atom stereocenters. The number of piperidine rings is 1. The molecule has 3 aliphatic rings. The number of hydrogen-bond donors (Lipinski definition) is 1. The first-order chi connectivity index (χ1) is 12.0. The Balaban J connectivity index is 1.56. The number of fused-ring (bicyclic) bond motifs is 3. The van der Waals surface area contributed by atoms with Gasteiger partial charge in [-0.15, -0.1) is 0 Å². The zero-order chi connectivity index (χ0) is 17.6. The number of aryl methyl sites for hydroxylation is 1. The zero-order valence-corrected chi connectivity index (χ0v) is 15.1. The molecule has 0 spiro atoms. The van der Waals surface area contributed by atoms with Crippen LogP contribution in [0.4, 0.5) is 0 Å². The lowest BCUT2D eigenvalue weighted by molar-refractivity contribution is -0.219. The normalized spacial score (nSPS) is 35.2. The molecule has 4 heterocycles. The fourth-order valence-corrected chi connectivity index (χ4v) is 4.70. The molecule has 4 rings (SSSR count). The van der Waals surface area contributed by atoms with E-state index in [1.807, 2.05) is 11.8 Å². The van der Waals surface area contributed by atoms with E-state index in [4.69, 9.17) is 21.1 Å². The van der Waals surface area contributed by atoms with Crippen LogP contribution in [0.5, 0.6) is 0 Å². The van der Waals surface area contributed by atoms with E-state index >= 15 is 0 Å². The highest BCUT2D eigenvalue weighted by atomic mass is 35.5. The standard InChI is InChI=1S/C17H24ClN3O4/c1-11-14(18)7-20(19-11)8-16(22)21-6-12-9-25-5-3-17(12,23)13-10-24-4-2-15(13)21/h7,12-13,15,23H,2-6,8-10H2,1H3/t12-,13+,15-,17-/m1/s1. The molecular weight excluding hydrogens is 346 g/mol. The summed E-state index contributed by atoms with van der Waals surface area (Å²) in [5, 5.41) is 16.1. The minimum absolute atomic E-state index is 0.00342. The SMILES string of the molecule is Cc1nn(CC(=O)N2C[C@@H]3COCC[C@]3(O)[C@H]3COCC[C@H]32)cc1Cl. The number of aliphatic hydroxyl groups is 1. The smallest absolute Gasteiger partial charge is 0.244 e. The Morgan fingerprint density at radius 2 is 2.24 bits per heavy atom. The van der Waals surface area contributed by atoms with Gasteiger partial charge in [0.2, 0.25) is 5.91 Å². The van der Waals surface area contributed by atoms with Crippen molar-refractivity contribution in [3.8, 4) is 0 Å². The maximum atomic E-state index is 13.0. The average Bonchev–Trinajstić information content (AvgIpc) is 2.91. The number of carbonyl (C=O) groups excluding carboxylic acids is 1. The number of hydrogen-bond acceptors (Lipinski definition) is 5. The zero-order valence-electron chi connectivity index (χ0n) is 14.4. The van der Waals surface area contributed by atoms with Crippen molar-refractivity contribution in [2.75, 3.05) is 33.0 Å². The third-order valence-electron chi connectivity index (χ3n) is 5.96. The third-order valence-corrected chi connectivity index (χ3v) is 6.33. The highest BCUT2D eigenvalue weighted by Gasteiger charge is 2.56. The molecule has 0 bridgehead atoms. The van der Waals surface area contributed by atoms with Crippen molar-refractivity contribution in [2.45, 2.75) is 38.0 Å². The lowest BCUT2D eigenvalue weighted by atomic mass is 9.66. The van der Waals surface area contributed by atoms with Crippen LogP contribution in [0.3, 0.4) is 0 Å². The van der Waals surface area contributed by atoms with Crippen LogP contribution >= 0.6 is 11.6 Å². The molecule has 0 radical (unpaired) electrons. The lowest BCUT2D eigenvalue weighted by Crippen LogP contribution is -2.69. The van der Waals surface area contributed by atoms with E-state index in [0.29, 0.717) is 50.1 Å². The minimum Gasteiger partial charge on any atom is -0.389 e. The molecule has 25 heavy (non-hydrogen) atoms. The molecule has 0 aliphatic carbocycles. The minimum atomic E-state index is -0.800. The highest BCUT2D eigenvalue weighted by molar-refractivity contribution is 6.31. The van der Waals surface area contributed by atoms with E-state index in [2.05, 4.69) is 5.10 Å². The Morgan fingerprint density at radius 1 is 1.44 bits per heavy atom. The first-order valence-electron chi connectivity index (χ1n) is 8.86. The summed E-state index contributed by atoms with van der Waals surface area (Å²) in [6.07, 6.45) is 3.05. The number of carbonyl (C=O) groups is 1. The molecule has 0 unspecified atom stereocenters. The summed E-state index contributed by atoms with van der Waals surface area (Å²) in [6.45, 7) is 4.65. The van der Waals surface area contributed by atoms with Crippen LogP contribution in [0.1, 0.15) is 18.5 Å². The van der Waals surface area contributed by atoms with E-state index in [1.54, 1.807) is 10.9 Å². The van der Waals surface area contributed by atoms with Gasteiger partial charge in [-0.1, -0.05) is 11.6 Å². The molecule has 1 aromatic rings. The highest BCUT2D eigenvalue weighted by Crippen LogP contribution is 2.44. The molecule has 0 aromatic carbocycles. The Bertz CT molecular complexity index is 647. The Hall–Kier alpha value is -1.15. The van der Waals surface area contributed by atoms with Crippen molar-refractivity contribution in [1.82, 2.24) is 14.7 Å². The van der Waals surface area contributed by atoms with Gasteiger partial charge in [-0.3, -0.25) is 9.48 Å². The van der Waals surface area contributed by atoms with Gasteiger partial charge in [0, 0.05) is 50.3 Å². The Labute approximate surface area is 151 Å². The van der Waals surface area contributed by atoms with Crippen LogP contribution in [0.2, 0.25) is 5.02 Å². The van der Waals surface area contributed by atoms with Gasteiger partial charge in [-0.25, -0.2) is 0 Å². The summed E-state index contributed by atoms with van der Waals surface area (Å²) in [6, 6.07) is 0.00716. The molecule has 3 fully saturated rings. The van der Waals surface area contributed by atoms with Crippen molar-refractivity contribution in [2.24, 2.45) is 11.8 Å². The first kappa shape index (κ1) is 17.3. The van der Waals surface area contributed by atoms with E-state index in [0.717, 1.165) is 6.42 Å². The van der Waals surface area contributed by atoms with Gasteiger partial charge in [0.05, 0.1) is 29.5 Å². The second kappa shape index (κ2) is 6.54. The number of amides is 1. The molecule has 3 aliphatic heterocycles. The number of likely N-dealkylation sites (tertiary alicyclic amines) is 1. The van der Waals surface area contributed by atoms with Crippen molar-refractivity contribution in [3.63, 3.8) is 0 Å². The van der Waals surface area contributed by atoms with Gasteiger partial charge in [0.1, 0.15) is 6.54 Å². The van der Waals surface area contributed by atoms with Gasteiger partial charge in [0.25, 0.3) is 0 Å². The van der Waals surface area contributed by atoms with Crippen molar-refractivity contribution in [3.05, 3.63) is 16.9 Å². The fraction of sp³-hybridized carbons (Fsp3) is 0.765. The molecule has 1 aromatic heterocycles. The number of aromatic nitrogens is 2. The van der Waals surface area contributed by atoms with Crippen molar-refractivity contribution in [1.29, 1.82) is 0 Å². The summed E-state index contributed by atoms with van der Waals surface area (Å²) in [4.78, 5) is 14.9. The number of nitrogens with zero attached hydrogens (tertiary/aromatic N) is 3. The summed E-state index contributed by atoms with van der Waals surface area (Å²) < 4.78 is 12.8. The summed E-state index contributed by atoms with van der Waals surface area (Å²) in [5.41, 5.74) is -0.0850. The fourth-order valence-electron chi connectivity index (χ4n) is 4.55. The number of halogens is 1. The monoisotopic (exact) mass is 369 g/mol. The maximum Gasteiger partial charge on any atom is 0.244 e. The molecule has 7 nitrogen and oxygen atoms in total. The van der Waals surface area contributed by atoms with E-state index in [-0.39, 0.29) is 30.3 Å². The molecule has 1 amide bonds. The average molecular weight is 370 g/mol. The predicted octanol–water partition coefficient (Wildman–Crippen LogP) is 0.860. The molecule has 138 valence electrons. The third kappa shape index (κ3) is 2.97. The Kier molecular flexibility index (Phi) is 4.52. The summed E-state index contributed by atoms with van der Waals surface area (Å²) in [7, 11) is 0.